The highest BCUT2D eigenvalue weighted by Crippen LogP contribution is 2.30. The smallest absolute Gasteiger partial charge is 0.271 e. The minimum absolute atomic E-state index is 0.0764. The molecule has 21 heavy (non-hydrogen) atoms. The van der Waals surface area contributed by atoms with Gasteiger partial charge in [-0.25, -0.2) is 0 Å². The molecule has 0 spiro atoms. The number of hydrogen-bond donors (Lipinski definition) is 2. The number of anilines is 1. The highest BCUT2D eigenvalue weighted by molar-refractivity contribution is 5.98. The number of nitrogen functional groups attached to an aromatic ring is 1. The number of rotatable bonds is 4. The molecule has 2 unspecified atom stereocenters. The first-order valence-electron chi connectivity index (χ1n) is 8.09. The second kappa shape index (κ2) is 6.50. The van der Waals surface area contributed by atoms with E-state index in [-0.39, 0.29) is 11.9 Å². The molecule has 2 atom stereocenters. The Bertz CT molecular complexity index is 507. The van der Waals surface area contributed by atoms with Gasteiger partial charge in [0.25, 0.3) is 5.91 Å². The van der Waals surface area contributed by atoms with Crippen molar-refractivity contribution in [1.82, 2.24) is 15.1 Å². The van der Waals surface area contributed by atoms with Gasteiger partial charge in [-0.2, -0.15) is 5.10 Å². The van der Waals surface area contributed by atoms with Gasteiger partial charge in [0.05, 0.1) is 11.4 Å². The van der Waals surface area contributed by atoms with E-state index in [0.717, 1.165) is 12.1 Å². The van der Waals surface area contributed by atoms with Gasteiger partial charge in [-0.15, -0.1) is 0 Å². The third kappa shape index (κ3) is 3.22. The number of aromatic nitrogens is 2. The zero-order valence-corrected chi connectivity index (χ0v) is 13.6. The molecule has 1 aromatic rings. The number of nitrogens with zero attached hydrogens (tertiary/aromatic N) is 2. The van der Waals surface area contributed by atoms with Crippen LogP contribution in [-0.2, 0) is 6.54 Å². The molecule has 5 nitrogen and oxygen atoms in total. The molecule has 1 aromatic heterocycles. The third-order valence-electron chi connectivity index (χ3n) is 4.68. The highest BCUT2D eigenvalue weighted by atomic mass is 16.2. The lowest BCUT2D eigenvalue weighted by Gasteiger charge is -2.34. The Morgan fingerprint density at radius 2 is 2.10 bits per heavy atom. The molecule has 0 bridgehead atoms. The van der Waals surface area contributed by atoms with Gasteiger partial charge in [-0.05, 0) is 38.5 Å². The van der Waals surface area contributed by atoms with Gasteiger partial charge >= 0.3 is 0 Å². The van der Waals surface area contributed by atoms with Gasteiger partial charge < -0.3 is 11.1 Å². The molecule has 0 saturated heterocycles. The van der Waals surface area contributed by atoms with Crippen LogP contribution in [0, 0.1) is 18.8 Å². The summed E-state index contributed by atoms with van der Waals surface area (Å²) < 4.78 is 1.70. The first-order valence-corrected chi connectivity index (χ1v) is 8.09. The van der Waals surface area contributed by atoms with E-state index >= 15 is 0 Å². The summed E-state index contributed by atoms with van der Waals surface area (Å²) in [7, 11) is 0. The van der Waals surface area contributed by atoms with E-state index in [9.17, 15) is 4.79 Å². The second-order valence-corrected chi connectivity index (χ2v) is 6.44. The Hall–Kier alpha value is -1.52. The Labute approximate surface area is 127 Å². The fourth-order valence-electron chi connectivity index (χ4n) is 3.44. The molecule has 0 radical (unpaired) electrons. The minimum atomic E-state index is -0.0764. The molecule has 1 heterocycles. The third-order valence-corrected chi connectivity index (χ3v) is 4.68. The van der Waals surface area contributed by atoms with Crippen LogP contribution in [0.1, 0.15) is 62.6 Å². The van der Waals surface area contributed by atoms with E-state index in [1.807, 2.05) is 13.8 Å². The molecular formula is C16H28N4O. The van der Waals surface area contributed by atoms with Crippen LogP contribution in [0.3, 0.4) is 0 Å². The molecule has 1 saturated carbocycles. The van der Waals surface area contributed by atoms with E-state index in [1.54, 1.807) is 4.68 Å². The summed E-state index contributed by atoms with van der Waals surface area (Å²) in [5, 5.41) is 7.54. The Kier molecular flexibility index (Phi) is 4.91. The van der Waals surface area contributed by atoms with Gasteiger partial charge in [0.2, 0.25) is 0 Å². The fraction of sp³-hybridized carbons (Fsp3) is 0.750. The molecule has 1 aliphatic carbocycles. The zero-order valence-electron chi connectivity index (χ0n) is 13.6. The van der Waals surface area contributed by atoms with E-state index in [0.29, 0.717) is 29.8 Å². The second-order valence-electron chi connectivity index (χ2n) is 6.44. The van der Waals surface area contributed by atoms with Crippen molar-refractivity contribution in [2.24, 2.45) is 11.8 Å². The maximum atomic E-state index is 12.6. The first-order chi connectivity index (χ1) is 9.95. The van der Waals surface area contributed by atoms with E-state index < -0.39 is 0 Å². The van der Waals surface area contributed by atoms with Crippen molar-refractivity contribution in [3.63, 3.8) is 0 Å². The highest BCUT2D eigenvalue weighted by Gasteiger charge is 2.30. The molecule has 0 aromatic carbocycles. The largest absolute Gasteiger partial charge is 0.395 e. The number of carbonyl (C=O) groups excluding carboxylic acids is 1. The number of amides is 1. The van der Waals surface area contributed by atoms with Crippen molar-refractivity contribution in [1.29, 1.82) is 0 Å². The predicted molar refractivity (Wildman–Crippen MR) is 85.1 cm³/mol. The lowest BCUT2D eigenvalue weighted by atomic mass is 9.78. The fourth-order valence-corrected chi connectivity index (χ4v) is 3.44. The molecule has 1 amide bonds. The summed E-state index contributed by atoms with van der Waals surface area (Å²) in [6.45, 7) is 8.95. The normalized spacial score (nSPS) is 22.5. The van der Waals surface area contributed by atoms with Crippen LogP contribution in [0.4, 0.5) is 5.69 Å². The predicted octanol–water partition coefficient (Wildman–Crippen LogP) is 2.74. The van der Waals surface area contributed by atoms with Crippen molar-refractivity contribution in [2.45, 2.75) is 66.0 Å². The summed E-state index contributed by atoms with van der Waals surface area (Å²) in [5.41, 5.74) is 7.79. The zero-order chi connectivity index (χ0) is 15.6. The Balaban J connectivity index is 2.17. The lowest BCUT2D eigenvalue weighted by molar-refractivity contribution is 0.0879. The van der Waals surface area contributed by atoms with Crippen molar-refractivity contribution in [3.8, 4) is 0 Å². The number of aryl methyl sites for hydroxylation is 2. The standard InChI is InChI=1S/C16H28N4O/c1-5-20-15(14(17)11(4)19-20)16(21)18-13-9-7-6-8-12(13)10(2)3/h10,12-13H,5-9,17H2,1-4H3,(H,18,21). The molecular weight excluding hydrogens is 264 g/mol. The average molecular weight is 292 g/mol. The van der Waals surface area contributed by atoms with Gasteiger partial charge in [-0.3, -0.25) is 9.48 Å². The average Bonchev–Trinajstić information content (AvgIpc) is 2.74. The van der Waals surface area contributed by atoms with Crippen LogP contribution in [0.15, 0.2) is 0 Å². The molecule has 2 rings (SSSR count). The topological polar surface area (TPSA) is 72.9 Å². The Morgan fingerprint density at radius 3 is 2.71 bits per heavy atom. The van der Waals surface area contributed by atoms with Gasteiger partial charge in [0.1, 0.15) is 5.69 Å². The van der Waals surface area contributed by atoms with Crippen molar-refractivity contribution < 1.29 is 4.79 Å². The number of nitrogens with one attached hydrogen (secondary N) is 1. The van der Waals surface area contributed by atoms with E-state index in [2.05, 4.69) is 24.3 Å². The summed E-state index contributed by atoms with van der Waals surface area (Å²) in [6, 6.07) is 0.256. The summed E-state index contributed by atoms with van der Waals surface area (Å²) in [5.74, 6) is 1.07. The van der Waals surface area contributed by atoms with Crippen molar-refractivity contribution in [3.05, 3.63) is 11.4 Å². The van der Waals surface area contributed by atoms with Crippen molar-refractivity contribution >= 4 is 11.6 Å². The van der Waals surface area contributed by atoms with E-state index in [4.69, 9.17) is 5.73 Å². The molecule has 3 N–H and O–H groups in total. The monoisotopic (exact) mass is 292 g/mol. The lowest BCUT2D eigenvalue weighted by Crippen LogP contribution is -2.44. The number of nitrogens with two attached hydrogens (primary N) is 1. The molecule has 118 valence electrons. The Morgan fingerprint density at radius 1 is 1.43 bits per heavy atom. The van der Waals surface area contributed by atoms with E-state index in [1.165, 1.54) is 19.3 Å². The number of carbonyl (C=O) groups is 1. The van der Waals surface area contributed by atoms with Crippen LogP contribution < -0.4 is 11.1 Å². The van der Waals surface area contributed by atoms with Crippen molar-refractivity contribution in [2.75, 3.05) is 5.73 Å². The van der Waals surface area contributed by atoms with Crippen LogP contribution in [-0.4, -0.2) is 21.7 Å². The quantitative estimate of drug-likeness (QED) is 0.896. The molecule has 1 aliphatic rings. The molecule has 1 fully saturated rings. The van der Waals surface area contributed by atoms with Crippen LogP contribution >= 0.6 is 0 Å². The number of hydrogen-bond acceptors (Lipinski definition) is 3. The first kappa shape index (κ1) is 15.9. The van der Waals surface area contributed by atoms with Gasteiger partial charge in [0, 0.05) is 12.6 Å². The molecule has 0 aliphatic heterocycles. The maximum Gasteiger partial charge on any atom is 0.271 e. The minimum Gasteiger partial charge on any atom is -0.395 e. The van der Waals surface area contributed by atoms with Crippen LogP contribution in [0.2, 0.25) is 0 Å². The van der Waals surface area contributed by atoms with Crippen LogP contribution in [0.25, 0.3) is 0 Å². The van der Waals surface area contributed by atoms with Crippen LogP contribution in [0.5, 0.6) is 0 Å². The maximum absolute atomic E-state index is 12.6. The summed E-state index contributed by atoms with van der Waals surface area (Å²) >= 11 is 0. The van der Waals surface area contributed by atoms with Gasteiger partial charge in [0.15, 0.2) is 0 Å². The van der Waals surface area contributed by atoms with Gasteiger partial charge in [-0.1, -0.05) is 26.7 Å². The SMILES string of the molecule is CCn1nc(C)c(N)c1C(=O)NC1CCCCC1C(C)C. The molecule has 5 heteroatoms. The summed E-state index contributed by atoms with van der Waals surface area (Å²) in [4.78, 5) is 12.6. The summed E-state index contributed by atoms with van der Waals surface area (Å²) in [6.07, 6.45) is 4.72.